The van der Waals surface area contributed by atoms with Gasteiger partial charge in [0.15, 0.2) is 5.82 Å². The van der Waals surface area contributed by atoms with Gasteiger partial charge in [0.2, 0.25) is 5.89 Å². The van der Waals surface area contributed by atoms with Gasteiger partial charge in [0, 0.05) is 5.41 Å². The number of hydrogen-bond acceptors (Lipinski definition) is 4. The van der Waals surface area contributed by atoms with Crippen LogP contribution in [0.15, 0.2) is 4.52 Å². The van der Waals surface area contributed by atoms with Gasteiger partial charge >= 0.3 is 0 Å². The molecule has 0 spiro atoms. The van der Waals surface area contributed by atoms with E-state index in [9.17, 15) is 0 Å². The molecular formula is C14H25N3O. The van der Waals surface area contributed by atoms with Gasteiger partial charge in [0.1, 0.15) is 0 Å². The van der Waals surface area contributed by atoms with Crippen LogP contribution in [0.3, 0.4) is 0 Å². The molecule has 102 valence electrons. The molecule has 0 atom stereocenters. The van der Waals surface area contributed by atoms with E-state index in [1.54, 1.807) is 0 Å². The third-order valence-electron chi connectivity index (χ3n) is 3.76. The molecule has 1 aliphatic rings. The zero-order valence-electron chi connectivity index (χ0n) is 11.8. The first-order valence-corrected chi connectivity index (χ1v) is 7.05. The first kappa shape index (κ1) is 13.5. The minimum atomic E-state index is -0.382. The molecule has 4 heteroatoms. The van der Waals surface area contributed by atoms with Crippen molar-refractivity contribution in [1.82, 2.24) is 10.1 Å². The molecule has 0 bridgehead atoms. The second-order valence-electron chi connectivity index (χ2n) is 6.60. The molecule has 18 heavy (non-hydrogen) atoms. The molecule has 0 unspecified atom stereocenters. The quantitative estimate of drug-likeness (QED) is 0.832. The molecule has 1 aliphatic carbocycles. The Morgan fingerprint density at radius 2 is 1.61 bits per heavy atom. The van der Waals surface area contributed by atoms with Gasteiger partial charge in [-0.2, -0.15) is 4.98 Å². The molecule has 1 saturated carbocycles. The lowest BCUT2D eigenvalue weighted by atomic mass is 9.84. The highest BCUT2D eigenvalue weighted by atomic mass is 16.5. The average molecular weight is 251 g/mol. The van der Waals surface area contributed by atoms with Gasteiger partial charge in [-0.1, -0.05) is 58.0 Å². The van der Waals surface area contributed by atoms with Crippen molar-refractivity contribution in [3.8, 4) is 0 Å². The van der Waals surface area contributed by atoms with Crippen molar-refractivity contribution in [2.45, 2.75) is 76.7 Å². The fraction of sp³-hybridized carbons (Fsp3) is 0.857. The molecule has 0 amide bonds. The van der Waals surface area contributed by atoms with Crippen molar-refractivity contribution in [3.05, 3.63) is 11.7 Å². The lowest BCUT2D eigenvalue weighted by Crippen LogP contribution is -2.38. The summed E-state index contributed by atoms with van der Waals surface area (Å²) in [6.07, 6.45) is 8.12. The molecule has 2 rings (SSSR count). The fourth-order valence-corrected chi connectivity index (χ4v) is 2.49. The fourth-order valence-electron chi connectivity index (χ4n) is 2.49. The summed E-state index contributed by atoms with van der Waals surface area (Å²) >= 11 is 0. The second-order valence-corrected chi connectivity index (χ2v) is 6.60. The minimum Gasteiger partial charge on any atom is -0.339 e. The Hall–Kier alpha value is -0.900. The maximum absolute atomic E-state index is 6.52. The van der Waals surface area contributed by atoms with Gasteiger partial charge < -0.3 is 10.3 Å². The lowest BCUT2D eigenvalue weighted by Gasteiger charge is -2.28. The molecule has 0 aromatic carbocycles. The van der Waals surface area contributed by atoms with Crippen LogP contribution in [0.2, 0.25) is 0 Å². The van der Waals surface area contributed by atoms with E-state index in [4.69, 9.17) is 10.3 Å². The highest BCUT2D eigenvalue weighted by Gasteiger charge is 2.34. The highest BCUT2D eigenvalue weighted by Crippen LogP contribution is 2.32. The van der Waals surface area contributed by atoms with Gasteiger partial charge in [-0.05, 0) is 12.8 Å². The summed E-state index contributed by atoms with van der Waals surface area (Å²) in [5.41, 5.74) is 6.03. The maximum Gasteiger partial charge on any atom is 0.232 e. The van der Waals surface area contributed by atoms with Crippen LogP contribution in [0, 0.1) is 0 Å². The number of rotatable bonds is 1. The minimum absolute atomic E-state index is 0.108. The Bertz CT molecular complexity index is 384. The average Bonchev–Trinajstić information content (AvgIpc) is 2.73. The van der Waals surface area contributed by atoms with Gasteiger partial charge in [0.25, 0.3) is 0 Å². The largest absolute Gasteiger partial charge is 0.339 e. The Balaban J connectivity index is 2.19. The number of aromatic nitrogens is 2. The molecule has 2 N–H and O–H groups in total. The van der Waals surface area contributed by atoms with E-state index in [2.05, 4.69) is 30.9 Å². The molecule has 0 aliphatic heterocycles. The maximum atomic E-state index is 6.52. The van der Waals surface area contributed by atoms with E-state index in [-0.39, 0.29) is 11.0 Å². The van der Waals surface area contributed by atoms with Crippen LogP contribution in [0.25, 0.3) is 0 Å². The van der Waals surface area contributed by atoms with Crippen LogP contribution < -0.4 is 5.73 Å². The Morgan fingerprint density at radius 1 is 1.06 bits per heavy atom. The second kappa shape index (κ2) is 5.00. The summed E-state index contributed by atoms with van der Waals surface area (Å²) in [7, 11) is 0. The summed E-state index contributed by atoms with van der Waals surface area (Å²) in [5, 5.41) is 4.14. The van der Waals surface area contributed by atoms with Crippen molar-refractivity contribution in [2.75, 3.05) is 0 Å². The summed E-state index contributed by atoms with van der Waals surface area (Å²) in [4.78, 5) is 4.55. The predicted molar refractivity (Wildman–Crippen MR) is 71.2 cm³/mol. The molecule has 0 saturated heterocycles. The Kier molecular flexibility index (Phi) is 3.76. The van der Waals surface area contributed by atoms with Gasteiger partial charge in [-0.15, -0.1) is 0 Å². The van der Waals surface area contributed by atoms with E-state index in [0.717, 1.165) is 25.7 Å². The molecule has 1 fully saturated rings. The summed E-state index contributed by atoms with van der Waals surface area (Å²) in [6, 6.07) is 0. The van der Waals surface area contributed by atoms with Crippen LogP contribution in [0.5, 0.6) is 0 Å². The molecule has 4 nitrogen and oxygen atoms in total. The molecule has 0 radical (unpaired) electrons. The first-order valence-electron chi connectivity index (χ1n) is 7.05. The Morgan fingerprint density at radius 3 is 2.11 bits per heavy atom. The first-order chi connectivity index (χ1) is 8.42. The molecule has 1 aromatic heterocycles. The standard InChI is InChI=1S/C14H25N3O/c1-13(2,3)12-16-11(17-18-12)14(15)9-7-5-4-6-8-10-14/h4-10,15H2,1-3H3. The van der Waals surface area contributed by atoms with Crippen molar-refractivity contribution in [3.63, 3.8) is 0 Å². The zero-order chi connectivity index (χ0) is 13.2. The smallest absolute Gasteiger partial charge is 0.232 e. The van der Waals surface area contributed by atoms with Crippen molar-refractivity contribution in [2.24, 2.45) is 5.73 Å². The van der Waals surface area contributed by atoms with Crippen LogP contribution in [-0.4, -0.2) is 10.1 Å². The van der Waals surface area contributed by atoms with Crippen molar-refractivity contribution >= 4 is 0 Å². The SMILES string of the molecule is CC(C)(C)c1nc(C2(N)CCCCCCC2)no1. The van der Waals surface area contributed by atoms with Gasteiger partial charge in [0.05, 0.1) is 5.54 Å². The number of nitrogens with two attached hydrogens (primary N) is 1. The molecule has 1 heterocycles. The molecule has 1 aromatic rings. The number of nitrogens with zero attached hydrogens (tertiary/aromatic N) is 2. The van der Waals surface area contributed by atoms with E-state index >= 15 is 0 Å². The van der Waals surface area contributed by atoms with Crippen LogP contribution >= 0.6 is 0 Å². The summed E-state index contributed by atoms with van der Waals surface area (Å²) in [6.45, 7) is 6.23. The van der Waals surface area contributed by atoms with Gasteiger partial charge in [-0.25, -0.2) is 0 Å². The van der Waals surface area contributed by atoms with E-state index in [1.165, 1.54) is 19.3 Å². The third kappa shape index (κ3) is 2.91. The van der Waals surface area contributed by atoms with Gasteiger partial charge in [-0.3, -0.25) is 0 Å². The van der Waals surface area contributed by atoms with Crippen LogP contribution in [0.4, 0.5) is 0 Å². The van der Waals surface area contributed by atoms with E-state index in [0.29, 0.717) is 11.7 Å². The monoisotopic (exact) mass is 251 g/mol. The summed E-state index contributed by atoms with van der Waals surface area (Å²) in [5.74, 6) is 1.39. The highest BCUT2D eigenvalue weighted by molar-refractivity contribution is 5.07. The third-order valence-corrected chi connectivity index (χ3v) is 3.76. The Labute approximate surface area is 109 Å². The predicted octanol–water partition coefficient (Wildman–Crippen LogP) is 3.27. The lowest BCUT2D eigenvalue weighted by molar-refractivity contribution is 0.282. The van der Waals surface area contributed by atoms with E-state index in [1.807, 2.05) is 0 Å². The molecular weight excluding hydrogens is 226 g/mol. The van der Waals surface area contributed by atoms with Crippen LogP contribution in [-0.2, 0) is 11.0 Å². The van der Waals surface area contributed by atoms with Crippen molar-refractivity contribution < 1.29 is 4.52 Å². The number of hydrogen-bond donors (Lipinski definition) is 1. The summed E-state index contributed by atoms with van der Waals surface area (Å²) < 4.78 is 5.38. The van der Waals surface area contributed by atoms with E-state index < -0.39 is 0 Å². The van der Waals surface area contributed by atoms with Crippen LogP contribution in [0.1, 0.15) is 77.4 Å². The van der Waals surface area contributed by atoms with Crippen molar-refractivity contribution in [1.29, 1.82) is 0 Å². The zero-order valence-corrected chi connectivity index (χ0v) is 11.8. The normalized spacial score (nSPS) is 21.3. The topological polar surface area (TPSA) is 64.9 Å².